The van der Waals surface area contributed by atoms with Crippen LogP contribution in [-0.2, 0) is 6.42 Å². The Bertz CT molecular complexity index is 284. The minimum atomic E-state index is 0.528. The van der Waals surface area contributed by atoms with Gasteiger partial charge in [0.2, 0.25) is 0 Å². The molecule has 0 heterocycles. The van der Waals surface area contributed by atoms with Gasteiger partial charge in [-0.3, -0.25) is 0 Å². The zero-order chi connectivity index (χ0) is 9.14. The summed E-state index contributed by atoms with van der Waals surface area (Å²) in [4.78, 5) is 0. The summed E-state index contributed by atoms with van der Waals surface area (Å²) in [6, 6.07) is 6.37. The summed E-state index contributed by atoms with van der Waals surface area (Å²) < 4.78 is 0.528. The van der Waals surface area contributed by atoms with Crippen LogP contribution in [0.1, 0.15) is 16.7 Å². The first-order valence-electron chi connectivity index (χ1n) is 3.83. The summed E-state index contributed by atoms with van der Waals surface area (Å²) in [6.07, 6.45) is 0.694. The highest BCUT2D eigenvalue weighted by atomic mass is 35.5. The number of benzene rings is 1. The number of thiocarbonyl (C=S) groups is 1. The fourth-order valence-corrected chi connectivity index (χ4v) is 1.65. The first kappa shape index (κ1) is 9.69. The van der Waals surface area contributed by atoms with Gasteiger partial charge in [0, 0.05) is 6.42 Å². The number of hydrogen-bond acceptors (Lipinski definition) is 1. The molecule has 0 atom stereocenters. The zero-order valence-corrected chi connectivity index (χ0v) is 8.80. The van der Waals surface area contributed by atoms with Gasteiger partial charge in [-0.25, -0.2) is 0 Å². The van der Waals surface area contributed by atoms with Crippen LogP contribution in [0.3, 0.4) is 0 Å². The maximum absolute atomic E-state index is 5.65. The van der Waals surface area contributed by atoms with E-state index < -0.39 is 0 Å². The first-order chi connectivity index (χ1) is 5.58. The first-order valence-corrected chi connectivity index (χ1v) is 4.62. The normalized spacial score (nSPS) is 9.92. The molecule has 0 aliphatic rings. The van der Waals surface area contributed by atoms with Gasteiger partial charge in [0.15, 0.2) is 0 Å². The fraction of sp³-hybridized carbons (Fsp3) is 0.300. The predicted molar refractivity (Wildman–Crippen MR) is 58.1 cm³/mol. The van der Waals surface area contributed by atoms with Gasteiger partial charge in [-0.05, 0) is 19.4 Å². The molecular weight excluding hydrogens is 188 g/mol. The van der Waals surface area contributed by atoms with Crippen molar-refractivity contribution in [1.29, 1.82) is 0 Å². The Labute approximate surface area is 83.6 Å². The molecule has 0 N–H and O–H groups in total. The van der Waals surface area contributed by atoms with E-state index in [2.05, 4.69) is 32.0 Å². The van der Waals surface area contributed by atoms with E-state index in [-0.39, 0.29) is 0 Å². The second-order valence-corrected chi connectivity index (χ2v) is 4.20. The van der Waals surface area contributed by atoms with E-state index in [1.54, 1.807) is 0 Å². The van der Waals surface area contributed by atoms with Gasteiger partial charge in [-0.15, -0.1) is 0 Å². The molecule has 1 rings (SSSR count). The maximum atomic E-state index is 5.65. The molecule has 2 heteroatoms. The molecule has 0 aromatic heterocycles. The Kier molecular flexibility index (Phi) is 3.24. The summed E-state index contributed by atoms with van der Waals surface area (Å²) in [7, 11) is 0. The second kappa shape index (κ2) is 4.01. The fourth-order valence-electron chi connectivity index (χ4n) is 1.33. The lowest BCUT2D eigenvalue weighted by molar-refractivity contribution is 1.28. The van der Waals surface area contributed by atoms with Crippen LogP contribution >= 0.6 is 23.8 Å². The summed E-state index contributed by atoms with van der Waals surface area (Å²) in [6.45, 7) is 4.15. The molecule has 0 bridgehead atoms. The molecule has 64 valence electrons. The summed E-state index contributed by atoms with van der Waals surface area (Å²) in [5.74, 6) is 0. The number of halogens is 1. The lowest BCUT2D eigenvalue weighted by Crippen LogP contribution is -1.92. The van der Waals surface area contributed by atoms with Gasteiger partial charge in [0.25, 0.3) is 0 Å². The van der Waals surface area contributed by atoms with Crippen molar-refractivity contribution in [2.45, 2.75) is 20.3 Å². The molecule has 0 saturated heterocycles. The van der Waals surface area contributed by atoms with Crippen LogP contribution in [0.25, 0.3) is 0 Å². The highest BCUT2D eigenvalue weighted by Crippen LogP contribution is 2.10. The molecule has 0 saturated carbocycles. The average Bonchev–Trinajstić information content (AvgIpc) is 1.81. The number of aryl methyl sites for hydroxylation is 2. The van der Waals surface area contributed by atoms with E-state index in [1.807, 2.05) is 0 Å². The largest absolute Gasteiger partial charge is 0.0852 e. The van der Waals surface area contributed by atoms with Crippen molar-refractivity contribution in [2.24, 2.45) is 0 Å². The van der Waals surface area contributed by atoms with E-state index in [0.717, 1.165) is 0 Å². The van der Waals surface area contributed by atoms with Gasteiger partial charge in [-0.1, -0.05) is 53.1 Å². The van der Waals surface area contributed by atoms with Gasteiger partial charge >= 0.3 is 0 Å². The van der Waals surface area contributed by atoms with Crippen LogP contribution in [0.5, 0.6) is 0 Å². The van der Waals surface area contributed by atoms with Crippen molar-refractivity contribution in [3.05, 3.63) is 34.9 Å². The van der Waals surface area contributed by atoms with E-state index in [4.69, 9.17) is 23.8 Å². The number of hydrogen-bond donors (Lipinski definition) is 0. The average molecular weight is 199 g/mol. The third-order valence-electron chi connectivity index (χ3n) is 1.62. The highest BCUT2D eigenvalue weighted by molar-refractivity contribution is 7.83. The third-order valence-corrected chi connectivity index (χ3v) is 1.90. The van der Waals surface area contributed by atoms with Gasteiger partial charge < -0.3 is 0 Å². The minimum absolute atomic E-state index is 0.528. The Morgan fingerprint density at radius 2 is 1.75 bits per heavy atom. The number of rotatable bonds is 2. The summed E-state index contributed by atoms with van der Waals surface area (Å²) in [5, 5.41) is 0. The van der Waals surface area contributed by atoms with Crippen LogP contribution in [-0.4, -0.2) is 4.32 Å². The Morgan fingerprint density at radius 3 is 2.17 bits per heavy atom. The maximum Gasteiger partial charge on any atom is 0.0852 e. The van der Waals surface area contributed by atoms with Crippen molar-refractivity contribution >= 4 is 28.1 Å². The lowest BCUT2D eigenvalue weighted by atomic mass is 10.1. The highest BCUT2D eigenvalue weighted by Gasteiger charge is 1.97. The Hall–Kier alpha value is -0.400. The molecule has 0 amide bonds. The van der Waals surface area contributed by atoms with Crippen LogP contribution in [0.2, 0.25) is 0 Å². The molecule has 0 aliphatic heterocycles. The van der Waals surface area contributed by atoms with Crippen LogP contribution < -0.4 is 0 Å². The third kappa shape index (κ3) is 2.92. The molecule has 0 nitrogen and oxygen atoms in total. The minimum Gasteiger partial charge on any atom is -0.0761 e. The molecule has 0 spiro atoms. The van der Waals surface area contributed by atoms with Crippen molar-refractivity contribution < 1.29 is 0 Å². The molecule has 0 unspecified atom stereocenters. The Balaban J connectivity index is 2.93. The molecule has 0 aliphatic carbocycles. The topological polar surface area (TPSA) is 0 Å². The Morgan fingerprint density at radius 1 is 1.25 bits per heavy atom. The van der Waals surface area contributed by atoms with E-state index in [9.17, 15) is 0 Å². The zero-order valence-electron chi connectivity index (χ0n) is 7.23. The van der Waals surface area contributed by atoms with Crippen molar-refractivity contribution in [3.8, 4) is 0 Å². The van der Waals surface area contributed by atoms with Crippen LogP contribution in [0.4, 0.5) is 0 Å². The predicted octanol–water partition coefficient (Wildman–Crippen LogP) is 3.41. The van der Waals surface area contributed by atoms with Gasteiger partial charge in [-0.2, -0.15) is 0 Å². The SMILES string of the molecule is Cc1cc(C)cc(CC(=S)Cl)c1. The van der Waals surface area contributed by atoms with E-state index in [1.165, 1.54) is 16.7 Å². The lowest BCUT2D eigenvalue weighted by Gasteiger charge is -2.02. The second-order valence-electron chi connectivity index (χ2n) is 3.03. The quantitative estimate of drug-likeness (QED) is 0.519. The molecule has 1 aromatic carbocycles. The van der Waals surface area contributed by atoms with Crippen molar-refractivity contribution in [1.82, 2.24) is 0 Å². The van der Waals surface area contributed by atoms with Crippen LogP contribution in [0, 0.1) is 13.8 Å². The molecule has 0 fully saturated rings. The van der Waals surface area contributed by atoms with Crippen molar-refractivity contribution in [2.75, 3.05) is 0 Å². The van der Waals surface area contributed by atoms with Crippen LogP contribution in [0.15, 0.2) is 18.2 Å². The molecular formula is C10H11ClS. The van der Waals surface area contributed by atoms with Gasteiger partial charge in [0.05, 0.1) is 4.32 Å². The standard InChI is InChI=1S/C10H11ClS/c1-7-3-8(2)5-9(4-7)6-10(11)12/h3-5H,6H2,1-2H3. The smallest absolute Gasteiger partial charge is 0.0761 e. The molecule has 0 radical (unpaired) electrons. The summed E-state index contributed by atoms with van der Waals surface area (Å²) in [5.41, 5.74) is 3.73. The van der Waals surface area contributed by atoms with E-state index >= 15 is 0 Å². The monoisotopic (exact) mass is 198 g/mol. The van der Waals surface area contributed by atoms with Crippen molar-refractivity contribution in [3.63, 3.8) is 0 Å². The molecule has 12 heavy (non-hydrogen) atoms. The van der Waals surface area contributed by atoms with E-state index in [0.29, 0.717) is 10.7 Å². The van der Waals surface area contributed by atoms with Gasteiger partial charge in [0.1, 0.15) is 0 Å². The summed E-state index contributed by atoms with van der Waals surface area (Å²) >= 11 is 10.5. The molecule has 1 aromatic rings.